The highest BCUT2D eigenvalue weighted by Crippen LogP contribution is 2.35. The fourth-order valence-corrected chi connectivity index (χ4v) is 3.35. The van der Waals surface area contributed by atoms with Crippen LogP contribution in [-0.2, 0) is 9.84 Å². The highest BCUT2D eigenvalue weighted by Gasteiger charge is 2.27. The Hall–Kier alpha value is -1.67. The summed E-state index contributed by atoms with van der Waals surface area (Å²) >= 11 is 0. The molecule has 0 saturated carbocycles. The highest BCUT2D eigenvalue weighted by molar-refractivity contribution is 7.90. The summed E-state index contributed by atoms with van der Waals surface area (Å²) in [6, 6.07) is 2.89. The van der Waals surface area contributed by atoms with Crippen LogP contribution in [0.25, 0.3) is 0 Å². The lowest BCUT2D eigenvalue weighted by Gasteiger charge is -2.34. The predicted molar refractivity (Wildman–Crippen MR) is 80.6 cm³/mol. The van der Waals surface area contributed by atoms with E-state index in [1.807, 2.05) is 11.8 Å². The van der Waals surface area contributed by atoms with Gasteiger partial charge in [-0.2, -0.15) is 0 Å². The zero-order chi connectivity index (χ0) is 15.8. The summed E-state index contributed by atoms with van der Waals surface area (Å²) in [5.74, 6) is 0. The minimum atomic E-state index is -3.47. The third-order valence-electron chi connectivity index (χ3n) is 3.56. The van der Waals surface area contributed by atoms with E-state index in [1.54, 1.807) is 6.92 Å². The fraction of sp³-hybridized carbons (Fsp3) is 0.538. The zero-order valence-corrected chi connectivity index (χ0v) is 13.1. The number of rotatable bonds is 3. The normalized spacial score (nSPS) is 19.6. The van der Waals surface area contributed by atoms with E-state index in [4.69, 9.17) is 0 Å². The van der Waals surface area contributed by atoms with E-state index in [-0.39, 0.29) is 16.6 Å². The molecule has 1 saturated heterocycles. The van der Waals surface area contributed by atoms with Crippen LogP contribution in [0.1, 0.15) is 12.5 Å². The predicted octanol–water partition coefficient (Wildman–Crippen LogP) is 1.10. The third kappa shape index (κ3) is 3.33. The van der Waals surface area contributed by atoms with Crippen molar-refractivity contribution in [1.82, 2.24) is 5.32 Å². The van der Waals surface area contributed by atoms with E-state index >= 15 is 0 Å². The van der Waals surface area contributed by atoms with E-state index in [0.717, 1.165) is 18.9 Å². The molecule has 0 amide bonds. The standard InChI is InChI=1S/C13H19N3O4S/c1-9-6-11(21(3,19)20)7-12(16(17)18)13(9)15-5-4-14-10(2)8-15/h6-7,10,14H,4-5,8H2,1-3H3. The molecule has 2 rings (SSSR count). The van der Waals surface area contributed by atoms with Crippen LogP contribution in [0.3, 0.4) is 0 Å². The summed E-state index contributed by atoms with van der Waals surface area (Å²) in [4.78, 5) is 12.8. The lowest BCUT2D eigenvalue weighted by molar-refractivity contribution is -0.384. The molecule has 1 heterocycles. The van der Waals surface area contributed by atoms with Crippen LogP contribution in [0.15, 0.2) is 17.0 Å². The minimum absolute atomic E-state index is 0.0152. The summed E-state index contributed by atoms with van der Waals surface area (Å²) in [6.07, 6.45) is 1.05. The number of nitro benzene ring substituents is 1. The molecule has 21 heavy (non-hydrogen) atoms. The third-order valence-corrected chi connectivity index (χ3v) is 4.66. The van der Waals surface area contributed by atoms with Gasteiger partial charge in [0, 0.05) is 38.0 Å². The SMILES string of the molecule is Cc1cc(S(C)(=O)=O)cc([N+](=O)[O-])c1N1CCNC(C)C1. The Morgan fingerprint density at radius 1 is 1.43 bits per heavy atom. The van der Waals surface area contributed by atoms with E-state index in [1.165, 1.54) is 6.07 Å². The molecule has 1 aromatic rings. The lowest BCUT2D eigenvalue weighted by Crippen LogP contribution is -2.49. The molecule has 1 N–H and O–H groups in total. The molecule has 1 aliphatic rings. The first kappa shape index (κ1) is 15.7. The highest BCUT2D eigenvalue weighted by atomic mass is 32.2. The largest absolute Gasteiger partial charge is 0.363 e. The van der Waals surface area contributed by atoms with Crippen LogP contribution < -0.4 is 10.2 Å². The van der Waals surface area contributed by atoms with Crippen molar-refractivity contribution in [3.63, 3.8) is 0 Å². The second-order valence-corrected chi connectivity index (χ2v) is 7.45. The van der Waals surface area contributed by atoms with Crippen molar-refractivity contribution in [3.8, 4) is 0 Å². The maximum atomic E-state index is 11.7. The number of anilines is 1. The summed E-state index contributed by atoms with van der Waals surface area (Å²) in [7, 11) is -3.47. The van der Waals surface area contributed by atoms with Crippen LogP contribution in [0.5, 0.6) is 0 Å². The maximum absolute atomic E-state index is 11.7. The van der Waals surface area contributed by atoms with E-state index in [2.05, 4.69) is 5.32 Å². The molecule has 0 bridgehead atoms. The Labute approximate surface area is 124 Å². The quantitative estimate of drug-likeness (QED) is 0.663. The van der Waals surface area contributed by atoms with Gasteiger partial charge in [-0.1, -0.05) is 0 Å². The molecule has 0 aromatic heterocycles. The molecular weight excluding hydrogens is 294 g/mol. The van der Waals surface area contributed by atoms with E-state index < -0.39 is 14.8 Å². The first-order chi connectivity index (χ1) is 9.70. The maximum Gasteiger partial charge on any atom is 0.294 e. The van der Waals surface area contributed by atoms with Gasteiger partial charge in [-0.25, -0.2) is 8.42 Å². The van der Waals surface area contributed by atoms with Crippen LogP contribution >= 0.6 is 0 Å². The van der Waals surface area contributed by atoms with Gasteiger partial charge in [0.15, 0.2) is 9.84 Å². The van der Waals surface area contributed by atoms with Crippen molar-refractivity contribution in [2.24, 2.45) is 0 Å². The average Bonchev–Trinajstić information content (AvgIpc) is 2.36. The smallest absolute Gasteiger partial charge is 0.294 e. The van der Waals surface area contributed by atoms with Crippen LogP contribution in [0.4, 0.5) is 11.4 Å². The second-order valence-electron chi connectivity index (χ2n) is 5.44. The Kier molecular flexibility index (Phi) is 4.20. The van der Waals surface area contributed by atoms with Gasteiger partial charge in [0.05, 0.1) is 9.82 Å². The van der Waals surface area contributed by atoms with Gasteiger partial charge in [0.2, 0.25) is 0 Å². The van der Waals surface area contributed by atoms with Gasteiger partial charge in [-0.05, 0) is 25.5 Å². The Morgan fingerprint density at radius 2 is 2.10 bits per heavy atom. The van der Waals surface area contributed by atoms with Crippen molar-refractivity contribution in [2.45, 2.75) is 24.8 Å². The number of sulfone groups is 1. The summed E-state index contributed by atoms with van der Waals surface area (Å²) < 4.78 is 23.3. The summed E-state index contributed by atoms with van der Waals surface area (Å²) in [5, 5.41) is 14.6. The topological polar surface area (TPSA) is 92.5 Å². The fourth-order valence-electron chi connectivity index (χ4n) is 2.63. The molecule has 0 radical (unpaired) electrons. The van der Waals surface area contributed by atoms with Crippen molar-refractivity contribution >= 4 is 21.2 Å². The van der Waals surface area contributed by atoms with Crippen molar-refractivity contribution in [3.05, 3.63) is 27.8 Å². The Bertz CT molecular complexity index is 672. The van der Waals surface area contributed by atoms with Gasteiger partial charge in [-0.15, -0.1) is 0 Å². The zero-order valence-electron chi connectivity index (χ0n) is 12.3. The Balaban J connectivity index is 2.57. The number of nitrogens with zero attached hydrogens (tertiary/aromatic N) is 2. The first-order valence-corrected chi connectivity index (χ1v) is 8.56. The van der Waals surface area contributed by atoms with Gasteiger partial charge in [0.25, 0.3) is 5.69 Å². The number of aryl methyl sites for hydroxylation is 1. The molecule has 7 nitrogen and oxygen atoms in total. The molecule has 0 aliphatic carbocycles. The first-order valence-electron chi connectivity index (χ1n) is 6.67. The summed E-state index contributed by atoms with van der Waals surface area (Å²) in [5.41, 5.74) is 0.976. The molecular formula is C13H19N3O4S. The van der Waals surface area contributed by atoms with Crippen LogP contribution in [-0.4, -0.2) is 45.3 Å². The number of hydrogen-bond donors (Lipinski definition) is 1. The molecule has 1 atom stereocenters. The van der Waals surface area contributed by atoms with Gasteiger partial charge in [-0.3, -0.25) is 10.1 Å². The monoisotopic (exact) mass is 313 g/mol. The number of piperazine rings is 1. The minimum Gasteiger partial charge on any atom is -0.363 e. The average molecular weight is 313 g/mol. The number of nitrogens with one attached hydrogen (secondary N) is 1. The molecule has 1 aliphatic heterocycles. The second kappa shape index (κ2) is 5.61. The molecule has 1 aromatic carbocycles. The molecule has 1 fully saturated rings. The van der Waals surface area contributed by atoms with Gasteiger partial charge < -0.3 is 10.2 Å². The van der Waals surface area contributed by atoms with E-state index in [9.17, 15) is 18.5 Å². The molecule has 116 valence electrons. The number of benzene rings is 1. The Morgan fingerprint density at radius 3 is 2.62 bits per heavy atom. The van der Waals surface area contributed by atoms with Gasteiger partial charge in [0.1, 0.15) is 5.69 Å². The van der Waals surface area contributed by atoms with Crippen LogP contribution in [0, 0.1) is 17.0 Å². The van der Waals surface area contributed by atoms with Crippen molar-refractivity contribution in [1.29, 1.82) is 0 Å². The molecule has 8 heteroatoms. The van der Waals surface area contributed by atoms with Crippen LogP contribution in [0.2, 0.25) is 0 Å². The molecule has 1 unspecified atom stereocenters. The van der Waals surface area contributed by atoms with Crippen molar-refractivity contribution < 1.29 is 13.3 Å². The number of nitro groups is 1. The number of hydrogen-bond acceptors (Lipinski definition) is 6. The van der Waals surface area contributed by atoms with Crippen molar-refractivity contribution in [2.75, 3.05) is 30.8 Å². The van der Waals surface area contributed by atoms with Gasteiger partial charge >= 0.3 is 0 Å². The van der Waals surface area contributed by atoms with E-state index in [0.29, 0.717) is 24.3 Å². The lowest BCUT2D eigenvalue weighted by atomic mass is 10.1. The summed E-state index contributed by atoms with van der Waals surface area (Å²) in [6.45, 7) is 5.78. The molecule has 0 spiro atoms.